The second-order valence-electron chi connectivity index (χ2n) is 34.4. The monoisotopic (exact) mass is 1920 g/mol. The number of benzene rings is 8. The number of nitrogens with zero attached hydrogens (tertiary/aromatic N) is 9. The van der Waals surface area contributed by atoms with Crippen LogP contribution in [0.25, 0.3) is 0 Å². The molecular weight excluding hydrogens is 1800 g/mol. The molecule has 692 valence electrons. The van der Waals surface area contributed by atoms with Gasteiger partial charge in [-0.2, -0.15) is 19.9 Å². The molecule has 0 saturated heterocycles. The van der Waals surface area contributed by atoms with Gasteiger partial charge in [0.15, 0.2) is 23.3 Å². The highest BCUT2D eigenvalue weighted by Gasteiger charge is 2.28. The van der Waals surface area contributed by atoms with Crippen molar-refractivity contribution in [3.05, 3.63) is 236 Å². The fraction of sp³-hybridized carbons (Fsp3) is 0.319. The first-order valence-electron chi connectivity index (χ1n) is 41.5. The Labute approximate surface area is 784 Å². The molecule has 0 spiro atoms. The molecule has 0 radical (unpaired) electrons. The summed E-state index contributed by atoms with van der Waals surface area (Å²) in [4.78, 5) is 37.5. The van der Waals surface area contributed by atoms with E-state index in [-0.39, 0.29) is 16.2 Å². The van der Waals surface area contributed by atoms with Crippen molar-refractivity contribution in [1.29, 1.82) is 0 Å². The van der Waals surface area contributed by atoms with Gasteiger partial charge in [-0.3, -0.25) is 0 Å². The van der Waals surface area contributed by atoms with Crippen LogP contribution >= 0.6 is 75.0 Å². The van der Waals surface area contributed by atoms with Crippen molar-refractivity contribution in [2.75, 3.05) is 172 Å². The fourth-order valence-corrected chi connectivity index (χ4v) is 19.0. The van der Waals surface area contributed by atoms with Gasteiger partial charge in [-0.25, -0.2) is 19.9 Å². The largest absolute Gasteiger partial charge is 0.495 e. The Balaban J connectivity index is 0.000000195. The Bertz CT molecular complexity index is 6150. The van der Waals surface area contributed by atoms with E-state index in [0.29, 0.717) is 132 Å². The highest BCUT2D eigenvalue weighted by atomic mass is 35.5. The van der Waals surface area contributed by atoms with E-state index in [1.54, 1.807) is 81.8 Å². The maximum atomic E-state index is 12.7. The van der Waals surface area contributed by atoms with Gasteiger partial charge in [-0.15, -0.1) is 0 Å². The van der Waals surface area contributed by atoms with Crippen LogP contribution in [-0.4, -0.2) is 174 Å². The standard InChI is InChI=1S/C25H33ClN5O2P.C24H31ClN5O2P.C23H29ClN5O2P.C22H27ClN5O2P/c1-25(2,16-31(3)4)17-12-13-19(21(14-17)33-5)29-24-27-15-18(26)23(30-24)28-20-10-8-9-11-22(20)34(6,7)32;1-24(2,15-26-3)16-11-12-18(20(13-16)32-4)29-23-27-14-17(25)22(30-23)28-19-9-7-8-10-21(19)33(5,6)31;1-23(2,14-25)15-10-11-17(19(12-15)31-3)28-22-26-13-16(24)21(29-22)27-18-8-6-7-9-20(18)32(4,5)30;1-14-11-18(19(30-2)12-15(14)9-10-24)27-22-25-13-16(23)21(28-22)26-17-7-5-6-8-20(17)31(3,4)29/h8-15H,16H2,1-7H3,(H2,27,28,29,30);7-14,26H,15H2,1-6H3,(H2,27,28,29,30);6-13H,14,25H2,1-5H3,(H2,26,27,28,29);5-8,11-13H,9-10,24H2,1-4H3,(H2,25,26,27,28). The molecule has 12 aromatic rings. The lowest BCUT2D eigenvalue weighted by Gasteiger charge is -2.29. The minimum Gasteiger partial charge on any atom is -0.495 e. The average Bonchev–Trinajstić information content (AvgIpc) is 0.819. The maximum Gasteiger partial charge on any atom is 0.229 e. The van der Waals surface area contributed by atoms with Crippen molar-refractivity contribution in [3.63, 3.8) is 0 Å². The van der Waals surface area contributed by atoms with Crippen LogP contribution in [-0.2, 0) is 40.9 Å². The van der Waals surface area contributed by atoms with Gasteiger partial charge >= 0.3 is 0 Å². The third kappa shape index (κ3) is 28.3. The van der Waals surface area contributed by atoms with Crippen molar-refractivity contribution >= 4 is 189 Å². The number of aromatic nitrogens is 8. The molecule has 0 unspecified atom stereocenters. The summed E-state index contributed by atoms with van der Waals surface area (Å²) in [5.41, 5.74) is 22.7. The summed E-state index contributed by atoms with van der Waals surface area (Å²) in [5.74, 6) is 5.78. The second-order valence-corrected chi connectivity index (χ2v) is 48.8. The van der Waals surface area contributed by atoms with E-state index in [4.69, 9.17) is 76.8 Å². The molecule has 13 N–H and O–H groups in total. The van der Waals surface area contributed by atoms with Gasteiger partial charge in [0.2, 0.25) is 23.8 Å². The number of anilines is 16. The molecule has 28 nitrogen and oxygen atoms in total. The number of aryl methyl sites for hydroxylation is 1. The predicted molar refractivity (Wildman–Crippen MR) is 547 cm³/mol. The van der Waals surface area contributed by atoms with E-state index >= 15 is 0 Å². The van der Waals surface area contributed by atoms with Crippen LogP contribution in [0.1, 0.15) is 69.4 Å². The zero-order valence-electron chi connectivity index (χ0n) is 77.7. The quantitative estimate of drug-likeness (QED) is 0.0167. The Morgan fingerprint density at radius 3 is 0.915 bits per heavy atom. The Morgan fingerprint density at radius 1 is 0.369 bits per heavy atom. The summed E-state index contributed by atoms with van der Waals surface area (Å²) < 4.78 is 73.1. The number of hydrogen-bond donors (Lipinski definition) is 11. The van der Waals surface area contributed by atoms with Crippen molar-refractivity contribution < 1.29 is 37.2 Å². The number of nitrogens with one attached hydrogen (secondary N) is 9. The van der Waals surface area contributed by atoms with Crippen LogP contribution in [0.5, 0.6) is 23.0 Å². The van der Waals surface area contributed by atoms with Crippen LogP contribution in [0, 0.1) is 6.92 Å². The van der Waals surface area contributed by atoms with E-state index in [1.807, 2.05) is 166 Å². The molecule has 0 aliphatic rings. The predicted octanol–water partition coefficient (Wildman–Crippen LogP) is 20.9. The number of ether oxygens (including phenoxy) is 4. The van der Waals surface area contributed by atoms with Crippen molar-refractivity contribution in [2.45, 2.75) is 71.1 Å². The third-order valence-electron chi connectivity index (χ3n) is 20.8. The molecule has 0 atom stereocenters. The molecular formula is C94H120Cl4N20O8P4. The van der Waals surface area contributed by atoms with Crippen LogP contribution in [0.2, 0.25) is 20.1 Å². The molecule has 8 aromatic carbocycles. The van der Waals surface area contributed by atoms with E-state index in [0.717, 1.165) is 80.0 Å². The summed E-state index contributed by atoms with van der Waals surface area (Å²) >= 11 is 25.4. The van der Waals surface area contributed by atoms with Gasteiger partial charge in [0, 0.05) is 57.1 Å². The number of para-hydroxylation sites is 4. The van der Waals surface area contributed by atoms with E-state index < -0.39 is 28.6 Å². The lowest BCUT2D eigenvalue weighted by molar-refractivity contribution is 0.314. The zero-order valence-corrected chi connectivity index (χ0v) is 84.3. The minimum atomic E-state index is -2.50. The summed E-state index contributed by atoms with van der Waals surface area (Å²) in [6.07, 6.45) is 6.85. The van der Waals surface area contributed by atoms with Crippen LogP contribution in [0.4, 0.5) is 92.6 Å². The molecule has 4 heterocycles. The molecule has 0 saturated carbocycles. The van der Waals surface area contributed by atoms with Crippen LogP contribution in [0.15, 0.2) is 189 Å². The molecule has 0 aliphatic carbocycles. The second kappa shape index (κ2) is 45.1. The van der Waals surface area contributed by atoms with Crippen molar-refractivity contribution in [2.24, 2.45) is 11.5 Å². The number of halogens is 4. The Hall–Kier alpha value is -10.4. The van der Waals surface area contributed by atoms with Gasteiger partial charge < -0.3 is 101 Å². The molecule has 0 amide bonds. The number of rotatable bonds is 34. The lowest BCUT2D eigenvalue weighted by Crippen LogP contribution is -2.32. The van der Waals surface area contributed by atoms with Gasteiger partial charge in [-0.05, 0) is 219 Å². The van der Waals surface area contributed by atoms with Gasteiger partial charge in [0.1, 0.15) is 71.7 Å². The molecule has 4 aromatic heterocycles. The summed E-state index contributed by atoms with van der Waals surface area (Å²) in [6, 6.07) is 51.7. The molecule has 12 rings (SSSR count). The zero-order chi connectivity index (χ0) is 95.4. The number of likely N-dealkylation sites (N-methyl/N-ethyl adjacent to an activating group) is 2. The smallest absolute Gasteiger partial charge is 0.229 e. The number of hydrogen-bond acceptors (Lipinski definition) is 28. The van der Waals surface area contributed by atoms with Gasteiger partial charge in [0.25, 0.3) is 0 Å². The summed E-state index contributed by atoms with van der Waals surface area (Å²) in [7, 11) is 2.60. The average molecular weight is 1920 g/mol. The van der Waals surface area contributed by atoms with E-state index in [2.05, 4.69) is 160 Å². The van der Waals surface area contributed by atoms with E-state index in [9.17, 15) is 18.3 Å². The molecule has 130 heavy (non-hydrogen) atoms. The molecule has 0 bridgehead atoms. The van der Waals surface area contributed by atoms with E-state index in [1.165, 1.54) is 30.4 Å². The summed E-state index contributed by atoms with van der Waals surface area (Å²) in [5, 5.41) is 33.2. The van der Waals surface area contributed by atoms with Crippen molar-refractivity contribution in [3.8, 4) is 23.0 Å². The SMILES string of the molecule is CNCC(C)(C)c1ccc(Nc2ncc(Cl)c(Nc3ccccc3P(C)(C)=O)n2)c(OC)c1.COc1cc(C(C)(C)CN(C)C)ccc1Nc1ncc(Cl)c(Nc2ccccc2P(C)(C)=O)n1.COc1cc(C(C)(C)CN)ccc1Nc1ncc(Cl)c(Nc2ccccc2P(C)(C)=O)n1.COc1cc(CCN)c(C)cc1Nc1ncc(Cl)c(Nc2ccccc2P(C)(C)=O)n1. The highest BCUT2D eigenvalue weighted by molar-refractivity contribution is 7.71. The first-order chi connectivity index (χ1) is 61.2. The van der Waals surface area contributed by atoms with Gasteiger partial charge in [-0.1, -0.05) is 155 Å². The highest BCUT2D eigenvalue weighted by Crippen LogP contribution is 2.45. The molecule has 36 heteroatoms. The van der Waals surface area contributed by atoms with Crippen molar-refractivity contribution in [1.82, 2.24) is 50.1 Å². The number of methoxy groups -OCH3 is 4. The maximum absolute atomic E-state index is 12.7. The Morgan fingerprint density at radius 2 is 0.646 bits per heavy atom. The Kier molecular flexibility index (Phi) is 35.9. The lowest BCUT2D eigenvalue weighted by atomic mass is 9.84. The first kappa shape index (κ1) is 103. The van der Waals surface area contributed by atoms with Crippen LogP contribution in [0.3, 0.4) is 0 Å². The summed E-state index contributed by atoms with van der Waals surface area (Å²) in [6.45, 7) is 31.6. The molecule has 0 fully saturated rings. The normalized spacial score (nSPS) is 11.8. The van der Waals surface area contributed by atoms with Crippen LogP contribution < -0.4 is 99.5 Å². The van der Waals surface area contributed by atoms with Gasteiger partial charge in [0.05, 0.1) is 98.7 Å². The topological polar surface area (TPSA) is 372 Å². The first-order valence-corrected chi connectivity index (χ1v) is 53.4. The minimum absolute atomic E-state index is 0.0471. The molecule has 0 aliphatic heterocycles. The number of nitrogens with two attached hydrogens (primary N) is 2. The fourth-order valence-electron chi connectivity index (χ4n) is 13.9. The third-order valence-corrected chi connectivity index (χ3v) is 28.1.